The third-order valence-corrected chi connectivity index (χ3v) is 2.99. The molecule has 1 amide bonds. The molecule has 1 heterocycles. The van der Waals surface area contributed by atoms with Crippen LogP contribution in [0.3, 0.4) is 0 Å². The fourth-order valence-electron chi connectivity index (χ4n) is 1.88. The zero-order chi connectivity index (χ0) is 14.5. The van der Waals surface area contributed by atoms with Crippen molar-refractivity contribution in [2.75, 3.05) is 0 Å². The summed E-state index contributed by atoms with van der Waals surface area (Å²) < 4.78 is 0. The number of nitrogens with two attached hydrogens (primary N) is 1. The van der Waals surface area contributed by atoms with Gasteiger partial charge in [0.15, 0.2) is 5.78 Å². The number of H-pyrrole nitrogens is 1. The van der Waals surface area contributed by atoms with E-state index < -0.39 is 0 Å². The summed E-state index contributed by atoms with van der Waals surface area (Å²) in [5.41, 5.74) is 8.39. The molecule has 20 heavy (non-hydrogen) atoms. The molecule has 4 N–H and O–H groups in total. The van der Waals surface area contributed by atoms with Crippen LogP contribution in [0.1, 0.15) is 39.0 Å². The lowest BCUT2D eigenvalue weighted by Gasteiger charge is -2.05. The average molecular weight is 271 g/mol. The van der Waals surface area contributed by atoms with E-state index in [-0.39, 0.29) is 11.7 Å². The third kappa shape index (κ3) is 3.33. The SMILES string of the molecule is CC(=O)c1ccc(C(=O)NCc2cccc(CN)c2)[nH]1. The Labute approximate surface area is 117 Å². The minimum absolute atomic E-state index is 0.0975. The minimum atomic E-state index is -0.240. The monoisotopic (exact) mass is 271 g/mol. The number of hydrogen-bond acceptors (Lipinski definition) is 3. The van der Waals surface area contributed by atoms with Crippen LogP contribution in [0.25, 0.3) is 0 Å². The molecule has 0 saturated heterocycles. The molecule has 0 unspecified atom stereocenters. The van der Waals surface area contributed by atoms with Gasteiger partial charge in [-0.05, 0) is 23.3 Å². The van der Waals surface area contributed by atoms with E-state index in [1.165, 1.54) is 6.92 Å². The van der Waals surface area contributed by atoms with Gasteiger partial charge in [0.1, 0.15) is 5.69 Å². The summed E-state index contributed by atoms with van der Waals surface area (Å²) in [7, 11) is 0. The van der Waals surface area contributed by atoms with E-state index >= 15 is 0 Å². The van der Waals surface area contributed by atoms with Gasteiger partial charge in [-0.25, -0.2) is 0 Å². The van der Waals surface area contributed by atoms with Crippen LogP contribution in [-0.2, 0) is 13.1 Å². The van der Waals surface area contributed by atoms with Crippen molar-refractivity contribution in [2.24, 2.45) is 5.73 Å². The summed E-state index contributed by atoms with van der Waals surface area (Å²) >= 11 is 0. The summed E-state index contributed by atoms with van der Waals surface area (Å²) in [6.07, 6.45) is 0. The van der Waals surface area contributed by atoms with E-state index in [2.05, 4.69) is 10.3 Å². The van der Waals surface area contributed by atoms with Crippen LogP contribution < -0.4 is 11.1 Å². The number of nitrogens with one attached hydrogen (secondary N) is 2. The highest BCUT2D eigenvalue weighted by Crippen LogP contribution is 2.06. The Kier molecular flexibility index (Phi) is 4.32. The maximum Gasteiger partial charge on any atom is 0.267 e. The fourth-order valence-corrected chi connectivity index (χ4v) is 1.88. The van der Waals surface area contributed by atoms with Crippen molar-refractivity contribution in [1.29, 1.82) is 0 Å². The first-order valence-electron chi connectivity index (χ1n) is 6.36. The zero-order valence-electron chi connectivity index (χ0n) is 11.3. The Morgan fingerprint density at radius 3 is 2.50 bits per heavy atom. The molecule has 5 nitrogen and oxygen atoms in total. The Bertz CT molecular complexity index is 632. The number of carbonyl (C=O) groups is 2. The highest BCUT2D eigenvalue weighted by atomic mass is 16.2. The second-order valence-corrected chi connectivity index (χ2v) is 4.55. The molecule has 0 bridgehead atoms. The molecule has 104 valence electrons. The number of ketones is 1. The van der Waals surface area contributed by atoms with Gasteiger partial charge in [-0.2, -0.15) is 0 Å². The maximum atomic E-state index is 11.9. The molecule has 0 aliphatic carbocycles. The lowest BCUT2D eigenvalue weighted by Crippen LogP contribution is -2.23. The molecule has 0 radical (unpaired) electrons. The van der Waals surface area contributed by atoms with Crippen molar-refractivity contribution >= 4 is 11.7 Å². The van der Waals surface area contributed by atoms with Crippen LogP contribution >= 0.6 is 0 Å². The Morgan fingerprint density at radius 2 is 1.85 bits per heavy atom. The average Bonchev–Trinajstić information content (AvgIpc) is 2.95. The number of rotatable bonds is 5. The third-order valence-electron chi connectivity index (χ3n) is 2.99. The maximum absolute atomic E-state index is 11.9. The highest BCUT2D eigenvalue weighted by Gasteiger charge is 2.09. The van der Waals surface area contributed by atoms with E-state index in [1.54, 1.807) is 12.1 Å². The molecule has 2 aromatic rings. The number of carbonyl (C=O) groups excluding carboxylic acids is 2. The Balaban J connectivity index is 1.98. The molecule has 0 fully saturated rings. The second kappa shape index (κ2) is 6.16. The molecular formula is C15H17N3O2. The van der Waals surface area contributed by atoms with Crippen LogP contribution in [0.5, 0.6) is 0 Å². The first kappa shape index (κ1) is 14.0. The molecule has 0 saturated carbocycles. The molecular weight excluding hydrogens is 254 g/mol. The van der Waals surface area contributed by atoms with Gasteiger partial charge in [0.25, 0.3) is 5.91 Å². The van der Waals surface area contributed by atoms with Crippen LogP contribution in [-0.4, -0.2) is 16.7 Å². The van der Waals surface area contributed by atoms with Gasteiger partial charge in [-0.3, -0.25) is 9.59 Å². The number of amides is 1. The van der Waals surface area contributed by atoms with E-state index in [1.807, 2.05) is 24.3 Å². The predicted octanol–water partition coefficient (Wildman–Crippen LogP) is 1.61. The van der Waals surface area contributed by atoms with Gasteiger partial charge >= 0.3 is 0 Å². The van der Waals surface area contributed by atoms with Gasteiger partial charge in [-0.1, -0.05) is 24.3 Å². The topological polar surface area (TPSA) is 88.0 Å². The number of aromatic nitrogens is 1. The summed E-state index contributed by atoms with van der Waals surface area (Å²) in [5.74, 6) is -0.338. The van der Waals surface area contributed by atoms with E-state index in [9.17, 15) is 9.59 Å². The molecule has 2 rings (SSSR count). The van der Waals surface area contributed by atoms with Gasteiger partial charge in [0.2, 0.25) is 0 Å². The summed E-state index contributed by atoms with van der Waals surface area (Å²) in [5, 5.41) is 2.80. The second-order valence-electron chi connectivity index (χ2n) is 4.55. The van der Waals surface area contributed by atoms with Gasteiger partial charge in [-0.15, -0.1) is 0 Å². The van der Waals surface area contributed by atoms with Gasteiger partial charge < -0.3 is 16.0 Å². The van der Waals surface area contributed by atoms with Crippen molar-refractivity contribution in [2.45, 2.75) is 20.0 Å². The molecule has 0 aliphatic rings. The number of benzene rings is 1. The number of Topliss-reactive ketones (excluding diaryl/α,β-unsaturated/α-hetero) is 1. The molecule has 0 spiro atoms. The highest BCUT2D eigenvalue weighted by molar-refractivity contribution is 5.97. The van der Waals surface area contributed by atoms with Crippen molar-refractivity contribution in [1.82, 2.24) is 10.3 Å². The van der Waals surface area contributed by atoms with E-state index in [0.29, 0.717) is 24.5 Å². The zero-order valence-corrected chi connectivity index (χ0v) is 11.3. The Hall–Kier alpha value is -2.40. The van der Waals surface area contributed by atoms with Crippen molar-refractivity contribution in [3.05, 3.63) is 58.9 Å². The largest absolute Gasteiger partial charge is 0.348 e. The lowest BCUT2D eigenvalue weighted by atomic mass is 10.1. The molecule has 1 aromatic carbocycles. The number of aromatic amines is 1. The lowest BCUT2D eigenvalue weighted by molar-refractivity contribution is 0.0946. The quantitative estimate of drug-likeness (QED) is 0.722. The standard InChI is InChI=1S/C15H17N3O2/c1-10(19)13-5-6-14(18-13)15(20)17-9-12-4-2-3-11(7-12)8-16/h2-7,18H,8-9,16H2,1H3,(H,17,20). The fraction of sp³-hybridized carbons (Fsp3) is 0.200. The van der Waals surface area contributed by atoms with Crippen LogP contribution in [0.2, 0.25) is 0 Å². The Morgan fingerprint density at radius 1 is 1.15 bits per heavy atom. The summed E-state index contributed by atoms with van der Waals surface area (Å²) in [4.78, 5) is 25.9. The van der Waals surface area contributed by atoms with Crippen molar-refractivity contribution in [3.8, 4) is 0 Å². The number of hydrogen-bond donors (Lipinski definition) is 3. The summed E-state index contributed by atoms with van der Waals surface area (Å²) in [6, 6.07) is 10.9. The normalized spacial score (nSPS) is 10.3. The molecule has 1 aromatic heterocycles. The van der Waals surface area contributed by atoms with Gasteiger partial charge in [0, 0.05) is 20.0 Å². The van der Waals surface area contributed by atoms with Crippen molar-refractivity contribution < 1.29 is 9.59 Å². The predicted molar refractivity (Wildman–Crippen MR) is 76.3 cm³/mol. The smallest absolute Gasteiger partial charge is 0.267 e. The van der Waals surface area contributed by atoms with Crippen LogP contribution in [0, 0.1) is 0 Å². The first-order valence-corrected chi connectivity index (χ1v) is 6.36. The van der Waals surface area contributed by atoms with Crippen molar-refractivity contribution in [3.63, 3.8) is 0 Å². The summed E-state index contributed by atoms with van der Waals surface area (Å²) in [6.45, 7) is 2.34. The molecule has 5 heteroatoms. The van der Waals surface area contributed by atoms with Crippen LogP contribution in [0.4, 0.5) is 0 Å². The molecule has 0 aliphatic heterocycles. The minimum Gasteiger partial charge on any atom is -0.348 e. The van der Waals surface area contributed by atoms with E-state index in [0.717, 1.165) is 11.1 Å². The van der Waals surface area contributed by atoms with Gasteiger partial charge in [0.05, 0.1) is 5.69 Å². The first-order chi connectivity index (χ1) is 9.60. The van der Waals surface area contributed by atoms with E-state index in [4.69, 9.17) is 5.73 Å². The molecule has 0 atom stereocenters. The van der Waals surface area contributed by atoms with Crippen LogP contribution in [0.15, 0.2) is 36.4 Å².